The molecule has 2 aliphatic rings. The van der Waals surface area contributed by atoms with E-state index in [1.807, 2.05) is 0 Å². The quantitative estimate of drug-likeness (QED) is 0.630. The third kappa shape index (κ3) is 13.0. The van der Waals surface area contributed by atoms with Gasteiger partial charge in [0.15, 0.2) is 0 Å². The molecule has 0 aromatic heterocycles. The first kappa shape index (κ1) is 14.0. The van der Waals surface area contributed by atoms with Gasteiger partial charge < -0.3 is 9.47 Å². The van der Waals surface area contributed by atoms with Crippen LogP contribution in [0.3, 0.4) is 0 Å². The molecule has 0 atom stereocenters. The Morgan fingerprint density at radius 1 is 0.692 bits per heavy atom. The minimum absolute atomic E-state index is 0.00694. The molecule has 5 heteroatoms. The van der Waals surface area contributed by atoms with Crippen LogP contribution in [0.1, 0.15) is 25.7 Å². The van der Waals surface area contributed by atoms with E-state index in [1.165, 1.54) is 25.7 Å². The van der Waals surface area contributed by atoms with Crippen LogP contribution in [0.15, 0.2) is 0 Å². The summed E-state index contributed by atoms with van der Waals surface area (Å²) in [5.74, 6) is 0. The molecule has 0 unspecified atom stereocenters. The van der Waals surface area contributed by atoms with Crippen molar-refractivity contribution >= 4 is 20.2 Å². The van der Waals surface area contributed by atoms with E-state index in [4.69, 9.17) is 29.7 Å². The molecule has 0 aliphatic carbocycles. The van der Waals surface area contributed by atoms with Crippen molar-refractivity contribution in [2.24, 2.45) is 0 Å². The van der Waals surface area contributed by atoms with Crippen LogP contribution in [0.4, 0.5) is 0 Å². The molecule has 0 bridgehead atoms. The van der Waals surface area contributed by atoms with Gasteiger partial charge in [0.1, 0.15) is 0 Å². The predicted octanol–water partition coefficient (Wildman–Crippen LogP) is 2.97. The predicted molar refractivity (Wildman–Crippen MR) is 51.8 cm³/mol. The van der Waals surface area contributed by atoms with Gasteiger partial charge in [0.2, 0.25) is 0 Å². The van der Waals surface area contributed by atoms with Crippen molar-refractivity contribution < 1.29 is 22.6 Å². The van der Waals surface area contributed by atoms with Gasteiger partial charge in [-0.1, -0.05) is 0 Å². The van der Waals surface area contributed by atoms with Gasteiger partial charge in [-0.15, -0.1) is 0 Å². The van der Waals surface area contributed by atoms with Crippen molar-refractivity contribution in [3.63, 3.8) is 0 Å². The zero-order valence-electron chi connectivity index (χ0n) is 7.61. The van der Waals surface area contributed by atoms with Gasteiger partial charge in [-0.25, -0.2) is 0 Å². The van der Waals surface area contributed by atoms with Crippen LogP contribution < -0.4 is 0 Å². The van der Waals surface area contributed by atoms with Crippen molar-refractivity contribution in [2.75, 3.05) is 26.4 Å². The van der Waals surface area contributed by atoms with E-state index in [1.54, 1.807) is 0 Å². The Morgan fingerprint density at radius 3 is 1.00 bits per heavy atom. The topological polar surface area (TPSA) is 18.5 Å². The van der Waals surface area contributed by atoms with Crippen molar-refractivity contribution in [2.45, 2.75) is 25.7 Å². The monoisotopic (exact) mass is 269 g/mol. The van der Waals surface area contributed by atoms with Gasteiger partial charge in [0, 0.05) is 26.4 Å². The molecule has 2 aliphatic heterocycles. The molecule has 2 fully saturated rings. The fourth-order valence-corrected chi connectivity index (χ4v) is 1.02. The molecular weight excluding hydrogens is 254 g/mol. The Balaban J connectivity index is 0.000000174. The number of rotatable bonds is 0. The molecule has 81 valence electrons. The molecule has 2 heterocycles. The third-order valence-corrected chi connectivity index (χ3v) is 1.65. The van der Waals surface area contributed by atoms with Crippen LogP contribution in [-0.4, -0.2) is 26.4 Å². The first-order valence-corrected chi connectivity index (χ1v) is 7.69. The molecule has 0 amide bonds. The van der Waals surface area contributed by atoms with Gasteiger partial charge in [0.25, 0.3) is 0 Å². The Labute approximate surface area is 94.9 Å². The Hall–Kier alpha value is 1.02. The molecular formula is C8H16Cl2MnO2. The number of halogens is 2. The molecule has 2 rings (SSSR count). The summed E-state index contributed by atoms with van der Waals surface area (Å²) in [4.78, 5) is 0. The van der Waals surface area contributed by atoms with Crippen LogP contribution in [-0.2, 0) is 22.6 Å². The summed E-state index contributed by atoms with van der Waals surface area (Å²) in [6.07, 6.45) is 5.11. The van der Waals surface area contributed by atoms with E-state index < -0.39 is 0 Å². The fraction of sp³-hybridized carbons (Fsp3) is 1.00. The number of hydrogen-bond donors (Lipinski definition) is 0. The van der Waals surface area contributed by atoms with E-state index >= 15 is 0 Å². The van der Waals surface area contributed by atoms with Gasteiger partial charge in [-0.05, 0) is 25.7 Å². The van der Waals surface area contributed by atoms with Gasteiger partial charge in [-0.3, -0.25) is 0 Å². The SMILES string of the molecule is C1CCOC1.C1CCOC1.[Cl][Mn][Cl]. The summed E-state index contributed by atoms with van der Waals surface area (Å²) in [6, 6.07) is 0. The summed E-state index contributed by atoms with van der Waals surface area (Å²) in [5.41, 5.74) is 0. The number of hydrogen-bond acceptors (Lipinski definition) is 2. The minimum atomic E-state index is 0.00694. The van der Waals surface area contributed by atoms with E-state index in [-0.39, 0.29) is 13.1 Å². The normalized spacial score (nSPS) is 19.8. The zero-order chi connectivity index (χ0) is 9.78. The maximum atomic E-state index is 4.94. The van der Waals surface area contributed by atoms with Gasteiger partial charge in [0.05, 0.1) is 0 Å². The zero-order valence-corrected chi connectivity index (χ0v) is 10.3. The number of ether oxygens (including phenoxy) is 2. The molecule has 2 nitrogen and oxygen atoms in total. The molecule has 0 aromatic rings. The van der Waals surface area contributed by atoms with Gasteiger partial charge in [-0.2, -0.15) is 0 Å². The molecule has 0 radical (unpaired) electrons. The third-order valence-electron chi connectivity index (χ3n) is 1.65. The maximum absolute atomic E-state index is 4.94. The van der Waals surface area contributed by atoms with Crippen molar-refractivity contribution in [3.05, 3.63) is 0 Å². The molecule has 0 N–H and O–H groups in total. The van der Waals surface area contributed by atoms with Crippen LogP contribution in [0, 0.1) is 0 Å². The second-order valence-corrected chi connectivity index (χ2v) is 4.64. The van der Waals surface area contributed by atoms with Crippen LogP contribution in [0.2, 0.25) is 0 Å². The summed E-state index contributed by atoms with van der Waals surface area (Å²) in [6.45, 7) is 4.00. The second-order valence-electron chi connectivity index (χ2n) is 2.69. The van der Waals surface area contributed by atoms with E-state index in [0.29, 0.717) is 0 Å². The summed E-state index contributed by atoms with van der Waals surface area (Å²) >= 11 is 0.00694. The fourth-order valence-electron chi connectivity index (χ4n) is 1.02. The Morgan fingerprint density at radius 2 is 0.923 bits per heavy atom. The average molecular weight is 270 g/mol. The second kappa shape index (κ2) is 13.0. The molecule has 0 aromatic carbocycles. The Bertz CT molecular complexity index is 63.0. The van der Waals surface area contributed by atoms with E-state index in [9.17, 15) is 0 Å². The molecule has 0 saturated carbocycles. The van der Waals surface area contributed by atoms with E-state index in [0.717, 1.165) is 26.4 Å². The summed E-state index contributed by atoms with van der Waals surface area (Å²) in [7, 11) is 9.59. The Kier molecular flexibility index (Phi) is 14.0. The standard InChI is InChI=1S/2C4H8O.2ClH.Mn/c2*1-2-4-5-3-1;;;/h2*1-4H2;2*1H;/q;;;;+2/p-2. The summed E-state index contributed by atoms with van der Waals surface area (Å²) in [5, 5.41) is 0. The molecule has 0 spiro atoms. The van der Waals surface area contributed by atoms with Crippen LogP contribution in [0.5, 0.6) is 0 Å². The first-order valence-electron chi connectivity index (χ1n) is 4.44. The molecule has 13 heavy (non-hydrogen) atoms. The summed E-state index contributed by atoms with van der Waals surface area (Å²) < 4.78 is 9.89. The van der Waals surface area contributed by atoms with Crippen LogP contribution >= 0.6 is 20.2 Å². The van der Waals surface area contributed by atoms with E-state index in [2.05, 4.69) is 0 Å². The van der Waals surface area contributed by atoms with Crippen LogP contribution in [0.25, 0.3) is 0 Å². The van der Waals surface area contributed by atoms with Gasteiger partial charge >= 0.3 is 33.3 Å². The average Bonchev–Trinajstić information content (AvgIpc) is 2.85. The van der Waals surface area contributed by atoms with Crippen molar-refractivity contribution in [1.82, 2.24) is 0 Å². The van der Waals surface area contributed by atoms with Crippen molar-refractivity contribution in [1.29, 1.82) is 0 Å². The first-order chi connectivity index (χ1) is 6.41. The van der Waals surface area contributed by atoms with Crippen molar-refractivity contribution in [3.8, 4) is 0 Å². The molecule has 2 saturated heterocycles.